The fourth-order valence-corrected chi connectivity index (χ4v) is 4.52. The molecule has 0 aliphatic carbocycles. The maximum absolute atomic E-state index is 13.2. The van der Waals surface area contributed by atoms with Crippen LogP contribution < -0.4 is 4.90 Å². The van der Waals surface area contributed by atoms with Crippen LogP contribution in [0.1, 0.15) is 26.3 Å². The van der Waals surface area contributed by atoms with E-state index in [1.807, 2.05) is 53.6 Å². The molecular weight excluding hydrogens is 360 g/mol. The normalized spacial score (nSPS) is 17.1. The first kappa shape index (κ1) is 17.9. The van der Waals surface area contributed by atoms with Gasteiger partial charge in [-0.3, -0.25) is 9.36 Å². The van der Waals surface area contributed by atoms with E-state index in [9.17, 15) is 4.79 Å². The number of benzene rings is 1. The van der Waals surface area contributed by atoms with Crippen LogP contribution in [0.3, 0.4) is 0 Å². The van der Waals surface area contributed by atoms with Gasteiger partial charge in [-0.2, -0.15) is 0 Å². The van der Waals surface area contributed by atoms with Gasteiger partial charge in [0.1, 0.15) is 0 Å². The van der Waals surface area contributed by atoms with Crippen molar-refractivity contribution in [2.75, 3.05) is 4.90 Å². The molecule has 0 saturated carbocycles. The second-order valence-electron chi connectivity index (χ2n) is 6.68. The number of nitrogens with zero attached hydrogens (tertiary/aromatic N) is 4. The Balaban J connectivity index is 1.56. The van der Waals surface area contributed by atoms with Gasteiger partial charge in [0.25, 0.3) is 0 Å². The van der Waals surface area contributed by atoms with Crippen molar-refractivity contribution in [1.29, 1.82) is 0 Å². The van der Waals surface area contributed by atoms with E-state index in [4.69, 9.17) is 4.42 Å². The van der Waals surface area contributed by atoms with Gasteiger partial charge in [0.15, 0.2) is 16.7 Å². The van der Waals surface area contributed by atoms with Crippen LogP contribution in [0.4, 0.5) is 5.69 Å². The van der Waals surface area contributed by atoms with Gasteiger partial charge >= 0.3 is 0 Å². The molecule has 1 aliphatic rings. The van der Waals surface area contributed by atoms with E-state index in [1.54, 1.807) is 6.26 Å². The second-order valence-corrected chi connectivity index (χ2v) is 7.99. The number of para-hydroxylation sites is 1. The molecule has 6 nitrogen and oxygen atoms in total. The lowest BCUT2D eigenvalue weighted by molar-refractivity contribution is -0.118. The van der Waals surface area contributed by atoms with Gasteiger partial charge in [0.2, 0.25) is 5.91 Å². The highest BCUT2D eigenvalue weighted by Crippen LogP contribution is 2.35. The van der Waals surface area contributed by atoms with E-state index in [2.05, 4.69) is 23.2 Å². The van der Waals surface area contributed by atoms with Crippen molar-refractivity contribution >= 4 is 23.4 Å². The zero-order valence-corrected chi connectivity index (χ0v) is 16.4. The van der Waals surface area contributed by atoms with Gasteiger partial charge in [0.05, 0.1) is 11.5 Å². The molecular formula is C20H22N4O2S. The molecule has 2 atom stereocenters. The van der Waals surface area contributed by atoms with E-state index in [-0.39, 0.29) is 17.2 Å². The van der Waals surface area contributed by atoms with Crippen LogP contribution in [0.25, 0.3) is 11.6 Å². The molecule has 7 heteroatoms. The topological polar surface area (TPSA) is 64.2 Å². The van der Waals surface area contributed by atoms with Crippen molar-refractivity contribution in [2.24, 2.45) is 0 Å². The first-order valence-electron chi connectivity index (χ1n) is 9.14. The number of carbonyl (C=O) groups is 1. The predicted molar refractivity (Wildman–Crippen MR) is 106 cm³/mol. The minimum Gasteiger partial charge on any atom is -0.461 e. The highest BCUT2D eigenvalue weighted by Gasteiger charge is 2.34. The molecule has 2 unspecified atom stereocenters. The van der Waals surface area contributed by atoms with Crippen molar-refractivity contribution in [2.45, 2.75) is 50.2 Å². The highest BCUT2D eigenvalue weighted by atomic mass is 32.2. The zero-order valence-electron chi connectivity index (χ0n) is 15.6. The lowest BCUT2D eigenvalue weighted by atomic mass is 10.1. The van der Waals surface area contributed by atoms with Crippen LogP contribution in [-0.2, 0) is 17.8 Å². The summed E-state index contributed by atoms with van der Waals surface area (Å²) in [5.74, 6) is 1.46. The van der Waals surface area contributed by atoms with Crippen LogP contribution in [0.5, 0.6) is 0 Å². The zero-order chi connectivity index (χ0) is 19.0. The Hall–Kier alpha value is -2.54. The van der Waals surface area contributed by atoms with E-state index < -0.39 is 0 Å². The molecule has 0 bridgehead atoms. The van der Waals surface area contributed by atoms with Crippen LogP contribution in [-0.4, -0.2) is 32.0 Å². The lowest BCUT2D eigenvalue weighted by Gasteiger charge is -2.25. The molecule has 1 amide bonds. The quantitative estimate of drug-likeness (QED) is 0.624. The lowest BCUT2D eigenvalue weighted by Crippen LogP contribution is -2.40. The average Bonchev–Trinajstić information content (AvgIpc) is 3.38. The molecule has 0 N–H and O–H groups in total. The number of thioether (sulfide) groups is 1. The van der Waals surface area contributed by atoms with E-state index in [0.29, 0.717) is 18.1 Å². The van der Waals surface area contributed by atoms with Crippen LogP contribution in [0.15, 0.2) is 52.2 Å². The minimum atomic E-state index is -0.266. The van der Waals surface area contributed by atoms with E-state index in [1.165, 1.54) is 17.3 Å². The molecule has 0 fully saturated rings. The summed E-state index contributed by atoms with van der Waals surface area (Å²) in [4.78, 5) is 15.1. The fraction of sp³-hybridized carbons (Fsp3) is 0.350. The first-order valence-corrected chi connectivity index (χ1v) is 10.0. The summed E-state index contributed by atoms with van der Waals surface area (Å²) < 4.78 is 7.44. The van der Waals surface area contributed by atoms with Gasteiger partial charge in [-0.15, -0.1) is 10.2 Å². The summed E-state index contributed by atoms with van der Waals surface area (Å²) in [6, 6.07) is 12.0. The van der Waals surface area contributed by atoms with Crippen molar-refractivity contribution in [3.05, 3.63) is 48.2 Å². The number of anilines is 1. The maximum atomic E-state index is 13.2. The summed E-state index contributed by atoms with van der Waals surface area (Å²) >= 11 is 1.44. The fourth-order valence-electron chi connectivity index (χ4n) is 3.55. The van der Waals surface area contributed by atoms with Crippen molar-refractivity contribution in [1.82, 2.24) is 14.8 Å². The second kappa shape index (κ2) is 7.23. The van der Waals surface area contributed by atoms with Gasteiger partial charge < -0.3 is 9.32 Å². The Morgan fingerprint density at radius 2 is 2.11 bits per heavy atom. The number of hydrogen-bond donors (Lipinski definition) is 0. The summed E-state index contributed by atoms with van der Waals surface area (Å²) in [6.07, 6.45) is 2.52. The monoisotopic (exact) mass is 382 g/mol. The molecule has 3 heterocycles. The molecule has 2 aromatic heterocycles. The predicted octanol–water partition coefficient (Wildman–Crippen LogP) is 4.02. The molecule has 1 aliphatic heterocycles. The maximum Gasteiger partial charge on any atom is 0.240 e. The van der Waals surface area contributed by atoms with Gasteiger partial charge in [-0.05, 0) is 51.0 Å². The highest BCUT2D eigenvalue weighted by molar-refractivity contribution is 8.00. The van der Waals surface area contributed by atoms with Crippen LogP contribution >= 0.6 is 11.8 Å². The molecule has 0 saturated heterocycles. The molecule has 0 spiro atoms. The average molecular weight is 382 g/mol. The van der Waals surface area contributed by atoms with Crippen molar-refractivity contribution in [3.63, 3.8) is 0 Å². The third-order valence-corrected chi connectivity index (χ3v) is 5.92. The molecule has 1 aromatic carbocycles. The third-order valence-electron chi connectivity index (χ3n) is 4.85. The summed E-state index contributed by atoms with van der Waals surface area (Å²) in [5, 5.41) is 9.02. The Morgan fingerprint density at radius 1 is 1.30 bits per heavy atom. The van der Waals surface area contributed by atoms with E-state index >= 15 is 0 Å². The number of amides is 1. The first-order chi connectivity index (χ1) is 13.1. The third kappa shape index (κ3) is 3.16. The summed E-state index contributed by atoms with van der Waals surface area (Å²) in [7, 11) is 0. The summed E-state index contributed by atoms with van der Waals surface area (Å²) in [5.41, 5.74) is 2.25. The SMILES string of the molecule is CCn1c(SC(C)C(=O)N2c3ccccc3CC2C)nnc1-c1ccco1. The number of carbonyl (C=O) groups excluding carboxylic acids is 1. The van der Waals surface area contributed by atoms with Crippen molar-refractivity contribution < 1.29 is 9.21 Å². The largest absolute Gasteiger partial charge is 0.461 e. The molecule has 27 heavy (non-hydrogen) atoms. The smallest absolute Gasteiger partial charge is 0.240 e. The van der Waals surface area contributed by atoms with E-state index in [0.717, 1.165) is 17.3 Å². The Bertz CT molecular complexity index is 951. The molecule has 0 radical (unpaired) electrons. The van der Waals surface area contributed by atoms with Gasteiger partial charge in [-0.25, -0.2) is 0 Å². The number of hydrogen-bond acceptors (Lipinski definition) is 5. The van der Waals surface area contributed by atoms with Crippen LogP contribution in [0, 0.1) is 0 Å². The minimum absolute atomic E-state index is 0.0997. The Morgan fingerprint density at radius 3 is 2.85 bits per heavy atom. The molecule has 3 aromatic rings. The Kier molecular flexibility index (Phi) is 4.78. The van der Waals surface area contributed by atoms with Gasteiger partial charge in [-0.1, -0.05) is 30.0 Å². The number of rotatable bonds is 5. The van der Waals surface area contributed by atoms with Crippen molar-refractivity contribution in [3.8, 4) is 11.6 Å². The standard InChI is InChI=1S/C20H22N4O2S/c1-4-23-18(17-10-7-11-26-17)21-22-20(23)27-14(3)19(25)24-13(2)12-15-8-5-6-9-16(15)24/h5-11,13-14H,4,12H2,1-3H3. The number of aromatic nitrogens is 3. The number of furan rings is 1. The molecule has 4 rings (SSSR count). The number of fused-ring (bicyclic) bond motifs is 1. The molecule has 140 valence electrons. The summed E-state index contributed by atoms with van der Waals surface area (Å²) in [6.45, 7) is 6.76. The Labute approximate surface area is 162 Å². The van der Waals surface area contributed by atoms with Crippen LogP contribution in [0.2, 0.25) is 0 Å². The van der Waals surface area contributed by atoms with Gasteiger partial charge in [0, 0.05) is 18.3 Å².